The first-order chi connectivity index (χ1) is 5.33. The third-order valence-electron chi connectivity index (χ3n) is 1.40. The topological polar surface area (TPSA) is 23.8 Å². The number of hydrogen-bond donors (Lipinski definition) is 0. The molecule has 56 valence electrons. The van der Waals surface area contributed by atoms with Crippen LogP contribution in [0, 0.1) is 11.3 Å². The zero-order valence-corrected chi connectivity index (χ0v) is 6.00. The van der Waals surface area contributed by atoms with Crippen molar-refractivity contribution in [2.24, 2.45) is 0 Å². The van der Waals surface area contributed by atoms with Gasteiger partial charge in [-0.05, 0) is 5.56 Å². The van der Waals surface area contributed by atoms with E-state index in [0.29, 0.717) is 0 Å². The van der Waals surface area contributed by atoms with E-state index in [0.717, 1.165) is 5.56 Å². The van der Waals surface area contributed by atoms with Gasteiger partial charge < -0.3 is 0 Å². The number of benzene rings is 1. The molecule has 0 aliphatic rings. The quantitative estimate of drug-likeness (QED) is 0.631. The summed E-state index contributed by atoms with van der Waals surface area (Å²) in [6, 6.07) is 10.7. The van der Waals surface area contributed by atoms with Gasteiger partial charge >= 0.3 is 0 Å². The summed E-state index contributed by atoms with van der Waals surface area (Å²) in [7, 11) is 0. The summed E-state index contributed by atoms with van der Waals surface area (Å²) in [5, 5.41) is 8.17. The second-order valence-electron chi connectivity index (χ2n) is 2.29. The number of rotatable bonds is 2. The number of alkyl halides is 1. The second kappa shape index (κ2) is 3.72. The van der Waals surface area contributed by atoms with Crippen LogP contribution in [0.5, 0.6) is 0 Å². The molecule has 0 spiro atoms. The molecule has 1 nitrogen and oxygen atoms in total. The van der Waals surface area contributed by atoms with Crippen molar-refractivity contribution in [2.75, 3.05) is 0 Å². The molecule has 0 N–H and O–H groups in total. The van der Waals surface area contributed by atoms with Crippen LogP contribution in [0.25, 0.3) is 0 Å². The lowest BCUT2D eigenvalue weighted by atomic mass is 10.1. The Hall–Kier alpha value is -1.36. The maximum Gasteiger partial charge on any atom is 0.190 e. The van der Waals surface area contributed by atoms with Crippen LogP contribution in [0.15, 0.2) is 30.3 Å². The minimum atomic E-state index is -1.38. The molecule has 1 rings (SSSR count). The molecule has 0 heterocycles. The average molecular weight is 149 g/mol. The van der Waals surface area contributed by atoms with Crippen LogP contribution in [0.4, 0.5) is 4.39 Å². The minimum absolute atomic E-state index is 0.192. The molecular weight excluding hydrogens is 141 g/mol. The molecular formula is C9H8FN. The molecule has 0 saturated carbocycles. The van der Waals surface area contributed by atoms with Crippen molar-refractivity contribution in [1.29, 1.82) is 5.26 Å². The molecule has 0 aromatic heterocycles. The van der Waals surface area contributed by atoms with Gasteiger partial charge in [-0.1, -0.05) is 30.3 Å². The third-order valence-corrected chi connectivity index (χ3v) is 1.40. The normalized spacial score (nSPS) is 12.0. The average Bonchev–Trinajstić information content (AvgIpc) is 2.06. The highest BCUT2D eigenvalue weighted by atomic mass is 19.1. The lowest BCUT2D eigenvalue weighted by molar-refractivity contribution is 0.407. The predicted octanol–water partition coefficient (Wildman–Crippen LogP) is 2.09. The largest absolute Gasteiger partial charge is 0.231 e. The number of nitrogens with zero attached hydrogens (tertiary/aromatic N) is 1. The number of nitriles is 1. The van der Waals surface area contributed by atoms with Crippen LogP contribution in [-0.2, 0) is 6.42 Å². The Bertz CT molecular complexity index is 250. The van der Waals surface area contributed by atoms with Gasteiger partial charge in [-0.2, -0.15) is 5.26 Å². The zero-order valence-electron chi connectivity index (χ0n) is 6.00. The molecule has 0 aliphatic carbocycles. The maximum atomic E-state index is 12.5. The SMILES string of the molecule is N#CC(F)Cc1ccccc1. The lowest BCUT2D eigenvalue weighted by Crippen LogP contribution is -1.99. The summed E-state index contributed by atoms with van der Waals surface area (Å²) < 4.78 is 12.5. The van der Waals surface area contributed by atoms with E-state index >= 15 is 0 Å². The minimum Gasteiger partial charge on any atom is -0.231 e. The fourth-order valence-electron chi connectivity index (χ4n) is 0.867. The molecule has 1 aromatic carbocycles. The van der Waals surface area contributed by atoms with E-state index in [4.69, 9.17) is 5.26 Å². The Balaban J connectivity index is 2.60. The van der Waals surface area contributed by atoms with E-state index in [1.54, 1.807) is 6.07 Å². The number of halogens is 1. The van der Waals surface area contributed by atoms with Gasteiger partial charge in [-0.3, -0.25) is 0 Å². The maximum absolute atomic E-state index is 12.5. The molecule has 1 atom stereocenters. The Labute approximate surface area is 65.1 Å². The molecule has 0 radical (unpaired) electrons. The van der Waals surface area contributed by atoms with E-state index in [1.807, 2.05) is 30.3 Å². The Morgan fingerprint density at radius 2 is 2.00 bits per heavy atom. The Morgan fingerprint density at radius 3 is 2.55 bits per heavy atom. The summed E-state index contributed by atoms with van der Waals surface area (Å²) >= 11 is 0. The summed E-state index contributed by atoms with van der Waals surface area (Å²) in [4.78, 5) is 0. The highest BCUT2D eigenvalue weighted by Gasteiger charge is 2.03. The fourth-order valence-corrected chi connectivity index (χ4v) is 0.867. The van der Waals surface area contributed by atoms with Gasteiger partial charge in [0.25, 0.3) is 0 Å². The molecule has 2 heteroatoms. The summed E-state index contributed by atoms with van der Waals surface area (Å²) in [5.74, 6) is 0. The van der Waals surface area contributed by atoms with Gasteiger partial charge in [-0.25, -0.2) is 4.39 Å². The second-order valence-corrected chi connectivity index (χ2v) is 2.29. The monoisotopic (exact) mass is 149 g/mol. The van der Waals surface area contributed by atoms with Gasteiger partial charge in [0.15, 0.2) is 6.17 Å². The third kappa shape index (κ3) is 2.38. The van der Waals surface area contributed by atoms with E-state index in [2.05, 4.69) is 0 Å². The molecule has 0 amide bonds. The highest BCUT2D eigenvalue weighted by molar-refractivity contribution is 5.16. The van der Waals surface area contributed by atoms with Crippen molar-refractivity contribution in [3.8, 4) is 6.07 Å². The summed E-state index contributed by atoms with van der Waals surface area (Å²) in [6.45, 7) is 0. The Morgan fingerprint density at radius 1 is 1.36 bits per heavy atom. The molecule has 0 fully saturated rings. The zero-order chi connectivity index (χ0) is 8.10. The molecule has 0 saturated heterocycles. The van der Waals surface area contributed by atoms with Crippen LogP contribution in [-0.4, -0.2) is 6.17 Å². The van der Waals surface area contributed by atoms with Crippen molar-refractivity contribution in [3.63, 3.8) is 0 Å². The molecule has 1 unspecified atom stereocenters. The van der Waals surface area contributed by atoms with Crippen molar-refractivity contribution in [1.82, 2.24) is 0 Å². The van der Waals surface area contributed by atoms with E-state index in [-0.39, 0.29) is 6.42 Å². The van der Waals surface area contributed by atoms with Crippen LogP contribution in [0.1, 0.15) is 5.56 Å². The predicted molar refractivity (Wildman–Crippen MR) is 40.7 cm³/mol. The van der Waals surface area contributed by atoms with Crippen LogP contribution < -0.4 is 0 Å². The van der Waals surface area contributed by atoms with Gasteiger partial charge in [0, 0.05) is 6.42 Å². The van der Waals surface area contributed by atoms with Crippen molar-refractivity contribution < 1.29 is 4.39 Å². The first-order valence-corrected chi connectivity index (χ1v) is 3.40. The Kier molecular flexibility index (Phi) is 2.62. The van der Waals surface area contributed by atoms with E-state index in [9.17, 15) is 4.39 Å². The van der Waals surface area contributed by atoms with Crippen LogP contribution >= 0.6 is 0 Å². The summed E-state index contributed by atoms with van der Waals surface area (Å²) in [5.41, 5.74) is 0.863. The molecule has 11 heavy (non-hydrogen) atoms. The van der Waals surface area contributed by atoms with Gasteiger partial charge in [-0.15, -0.1) is 0 Å². The molecule has 0 aliphatic heterocycles. The van der Waals surface area contributed by atoms with Gasteiger partial charge in [0.2, 0.25) is 0 Å². The van der Waals surface area contributed by atoms with E-state index in [1.165, 1.54) is 0 Å². The molecule has 0 bridgehead atoms. The van der Waals surface area contributed by atoms with Gasteiger partial charge in [0.1, 0.15) is 6.07 Å². The molecule has 1 aromatic rings. The van der Waals surface area contributed by atoms with Gasteiger partial charge in [0.05, 0.1) is 0 Å². The van der Waals surface area contributed by atoms with E-state index < -0.39 is 6.17 Å². The van der Waals surface area contributed by atoms with Crippen molar-refractivity contribution in [2.45, 2.75) is 12.6 Å². The summed E-state index contributed by atoms with van der Waals surface area (Å²) in [6.07, 6.45) is -1.19. The van der Waals surface area contributed by atoms with Crippen LogP contribution in [0.2, 0.25) is 0 Å². The lowest BCUT2D eigenvalue weighted by Gasteiger charge is -1.97. The fraction of sp³-hybridized carbons (Fsp3) is 0.222. The number of hydrogen-bond acceptors (Lipinski definition) is 1. The highest BCUT2D eigenvalue weighted by Crippen LogP contribution is 2.04. The smallest absolute Gasteiger partial charge is 0.190 e. The standard InChI is InChI=1S/C9H8FN/c10-9(7-11)6-8-4-2-1-3-5-8/h1-5,9H,6H2. The van der Waals surface area contributed by atoms with Crippen molar-refractivity contribution in [3.05, 3.63) is 35.9 Å². The van der Waals surface area contributed by atoms with Crippen LogP contribution in [0.3, 0.4) is 0 Å². The first kappa shape index (κ1) is 7.74. The van der Waals surface area contributed by atoms with Crippen molar-refractivity contribution >= 4 is 0 Å². The first-order valence-electron chi connectivity index (χ1n) is 3.40.